The Labute approximate surface area is 106 Å². The highest BCUT2D eigenvalue weighted by Crippen LogP contribution is 2.18. The number of aryl methyl sites for hydroxylation is 1. The second-order valence-electron chi connectivity index (χ2n) is 3.87. The van der Waals surface area contributed by atoms with Crippen molar-refractivity contribution >= 4 is 0 Å². The van der Waals surface area contributed by atoms with Crippen LogP contribution in [0.25, 0.3) is 0 Å². The number of nitrogens with one attached hydrogen (secondary N) is 1. The van der Waals surface area contributed by atoms with E-state index in [9.17, 15) is 0 Å². The molecule has 2 aromatic rings. The first kappa shape index (κ1) is 12.6. The van der Waals surface area contributed by atoms with Crippen molar-refractivity contribution in [2.24, 2.45) is 0 Å². The molecule has 5 nitrogen and oxygen atoms in total. The van der Waals surface area contributed by atoms with Crippen molar-refractivity contribution in [3.8, 4) is 5.75 Å². The maximum atomic E-state index is 5.70. The molecule has 0 spiro atoms. The van der Waals surface area contributed by atoms with Gasteiger partial charge in [0.2, 0.25) is 5.89 Å². The number of aromatic nitrogens is 2. The molecule has 5 heteroatoms. The van der Waals surface area contributed by atoms with Crippen LogP contribution in [0, 0.1) is 0 Å². The van der Waals surface area contributed by atoms with Crippen molar-refractivity contribution in [2.75, 3.05) is 7.05 Å². The molecular weight excluding hydrogens is 230 g/mol. The summed E-state index contributed by atoms with van der Waals surface area (Å²) in [6, 6.07) is 7.89. The van der Waals surface area contributed by atoms with Crippen LogP contribution in [0.5, 0.6) is 5.75 Å². The molecule has 0 saturated heterocycles. The highest BCUT2D eigenvalue weighted by molar-refractivity contribution is 5.33. The van der Waals surface area contributed by atoms with E-state index in [2.05, 4.69) is 15.5 Å². The zero-order chi connectivity index (χ0) is 12.8. The van der Waals surface area contributed by atoms with Crippen LogP contribution in [-0.2, 0) is 19.6 Å². The van der Waals surface area contributed by atoms with Gasteiger partial charge in [0.05, 0.1) is 0 Å². The van der Waals surface area contributed by atoms with Crippen LogP contribution in [0.2, 0.25) is 0 Å². The standard InChI is InChI=1S/C13H17N3O2/c1-3-12-15-16-13(18-12)9-17-11-7-5-4-6-10(11)8-14-2/h4-7,14H,3,8-9H2,1-2H3. The van der Waals surface area contributed by atoms with E-state index >= 15 is 0 Å². The third kappa shape index (κ3) is 3.07. The molecule has 0 unspecified atom stereocenters. The molecule has 1 aromatic carbocycles. The fourth-order valence-electron chi connectivity index (χ4n) is 1.61. The first-order valence-electron chi connectivity index (χ1n) is 6.00. The van der Waals surface area contributed by atoms with E-state index in [1.807, 2.05) is 38.2 Å². The van der Waals surface area contributed by atoms with Crippen LogP contribution in [0.15, 0.2) is 28.7 Å². The van der Waals surface area contributed by atoms with Crippen LogP contribution in [0.1, 0.15) is 24.3 Å². The van der Waals surface area contributed by atoms with Gasteiger partial charge in [-0.3, -0.25) is 0 Å². The Morgan fingerprint density at radius 2 is 2.00 bits per heavy atom. The number of rotatable bonds is 6. The van der Waals surface area contributed by atoms with Gasteiger partial charge in [0, 0.05) is 18.5 Å². The summed E-state index contributed by atoms with van der Waals surface area (Å²) in [5.74, 6) is 1.98. The molecule has 0 aliphatic heterocycles. The molecule has 1 N–H and O–H groups in total. The van der Waals surface area contributed by atoms with E-state index in [1.54, 1.807) is 0 Å². The molecular formula is C13H17N3O2. The van der Waals surface area contributed by atoms with Crippen molar-refractivity contribution in [3.63, 3.8) is 0 Å². The van der Waals surface area contributed by atoms with Gasteiger partial charge in [-0.25, -0.2) is 0 Å². The van der Waals surface area contributed by atoms with E-state index in [0.717, 1.165) is 24.3 Å². The molecule has 1 aromatic heterocycles. The summed E-state index contributed by atoms with van der Waals surface area (Å²) >= 11 is 0. The lowest BCUT2D eigenvalue weighted by Crippen LogP contribution is -2.07. The van der Waals surface area contributed by atoms with Crippen LogP contribution in [-0.4, -0.2) is 17.2 Å². The number of nitrogens with zero attached hydrogens (tertiary/aromatic N) is 2. The van der Waals surface area contributed by atoms with Gasteiger partial charge in [-0.1, -0.05) is 25.1 Å². The van der Waals surface area contributed by atoms with Crippen LogP contribution in [0.3, 0.4) is 0 Å². The molecule has 0 saturated carbocycles. The summed E-state index contributed by atoms with van der Waals surface area (Å²) in [5, 5.41) is 10.9. The van der Waals surface area contributed by atoms with Crippen molar-refractivity contribution in [2.45, 2.75) is 26.5 Å². The number of hydrogen-bond acceptors (Lipinski definition) is 5. The second-order valence-corrected chi connectivity index (χ2v) is 3.87. The average Bonchev–Trinajstić information content (AvgIpc) is 2.86. The van der Waals surface area contributed by atoms with Gasteiger partial charge in [0.25, 0.3) is 5.89 Å². The van der Waals surface area contributed by atoms with Gasteiger partial charge in [-0.05, 0) is 13.1 Å². The van der Waals surface area contributed by atoms with Gasteiger partial charge < -0.3 is 14.5 Å². The SMILES string of the molecule is CCc1nnc(COc2ccccc2CNC)o1. The summed E-state index contributed by atoms with van der Waals surface area (Å²) in [6.07, 6.45) is 0.739. The smallest absolute Gasteiger partial charge is 0.253 e. The first-order chi connectivity index (χ1) is 8.83. The van der Waals surface area contributed by atoms with Crippen molar-refractivity contribution < 1.29 is 9.15 Å². The predicted octanol–water partition coefficient (Wildman–Crippen LogP) is 1.93. The normalized spacial score (nSPS) is 10.6. The Morgan fingerprint density at radius 1 is 1.22 bits per heavy atom. The maximum absolute atomic E-state index is 5.70. The third-order valence-corrected chi connectivity index (χ3v) is 2.50. The Kier molecular flexibility index (Phi) is 4.30. The summed E-state index contributed by atoms with van der Waals surface area (Å²) in [5.41, 5.74) is 1.11. The minimum absolute atomic E-state index is 0.299. The Balaban J connectivity index is 2.01. The summed E-state index contributed by atoms with van der Waals surface area (Å²) < 4.78 is 11.1. The Bertz CT molecular complexity index is 496. The fourth-order valence-corrected chi connectivity index (χ4v) is 1.61. The lowest BCUT2D eigenvalue weighted by atomic mass is 10.2. The maximum Gasteiger partial charge on any atom is 0.253 e. The summed E-state index contributed by atoms with van der Waals surface area (Å²) in [6.45, 7) is 3.04. The predicted molar refractivity (Wildman–Crippen MR) is 67.2 cm³/mol. The molecule has 0 bridgehead atoms. The molecule has 18 heavy (non-hydrogen) atoms. The highest BCUT2D eigenvalue weighted by atomic mass is 16.5. The molecule has 0 aliphatic rings. The largest absolute Gasteiger partial charge is 0.483 e. The number of ether oxygens (including phenoxy) is 1. The molecule has 0 atom stereocenters. The van der Waals surface area contributed by atoms with Crippen molar-refractivity contribution in [3.05, 3.63) is 41.6 Å². The Hall–Kier alpha value is -1.88. The zero-order valence-corrected chi connectivity index (χ0v) is 10.6. The van der Waals surface area contributed by atoms with Gasteiger partial charge in [-0.2, -0.15) is 0 Å². The summed E-state index contributed by atoms with van der Waals surface area (Å²) in [7, 11) is 1.91. The number of hydrogen-bond donors (Lipinski definition) is 1. The van der Waals surface area contributed by atoms with Gasteiger partial charge >= 0.3 is 0 Å². The Morgan fingerprint density at radius 3 is 2.72 bits per heavy atom. The second kappa shape index (κ2) is 6.16. The van der Waals surface area contributed by atoms with E-state index in [0.29, 0.717) is 18.4 Å². The molecule has 96 valence electrons. The van der Waals surface area contributed by atoms with Gasteiger partial charge in [-0.15, -0.1) is 10.2 Å². The third-order valence-electron chi connectivity index (χ3n) is 2.50. The van der Waals surface area contributed by atoms with Crippen LogP contribution in [0.4, 0.5) is 0 Å². The number of para-hydroxylation sites is 1. The molecule has 2 rings (SSSR count). The quantitative estimate of drug-likeness (QED) is 0.845. The lowest BCUT2D eigenvalue weighted by molar-refractivity contribution is 0.256. The molecule has 0 aliphatic carbocycles. The minimum Gasteiger partial charge on any atom is -0.483 e. The summed E-state index contributed by atoms with van der Waals surface area (Å²) in [4.78, 5) is 0. The first-order valence-corrected chi connectivity index (χ1v) is 6.00. The van der Waals surface area contributed by atoms with Crippen LogP contribution >= 0.6 is 0 Å². The average molecular weight is 247 g/mol. The van der Waals surface area contributed by atoms with E-state index < -0.39 is 0 Å². The molecule has 0 radical (unpaired) electrons. The van der Waals surface area contributed by atoms with Crippen molar-refractivity contribution in [1.82, 2.24) is 15.5 Å². The fraction of sp³-hybridized carbons (Fsp3) is 0.385. The topological polar surface area (TPSA) is 60.2 Å². The molecule has 1 heterocycles. The van der Waals surface area contributed by atoms with E-state index in [4.69, 9.17) is 9.15 Å². The van der Waals surface area contributed by atoms with Crippen molar-refractivity contribution in [1.29, 1.82) is 0 Å². The van der Waals surface area contributed by atoms with Gasteiger partial charge in [0.1, 0.15) is 5.75 Å². The van der Waals surface area contributed by atoms with E-state index in [1.165, 1.54) is 0 Å². The molecule has 0 amide bonds. The molecule has 0 fully saturated rings. The number of benzene rings is 1. The zero-order valence-electron chi connectivity index (χ0n) is 10.6. The van der Waals surface area contributed by atoms with E-state index in [-0.39, 0.29) is 0 Å². The minimum atomic E-state index is 0.299. The lowest BCUT2D eigenvalue weighted by Gasteiger charge is -2.09. The monoisotopic (exact) mass is 247 g/mol. The van der Waals surface area contributed by atoms with Crippen LogP contribution < -0.4 is 10.1 Å². The highest BCUT2D eigenvalue weighted by Gasteiger charge is 2.07. The van der Waals surface area contributed by atoms with Gasteiger partial charge in [0.15, 0.2) is 6.61 Å².